The van der Waals surface area contributed by atoms with E-state index in [2.05, 4.69) is 9.97 Å². The lowest BCUT2D eigenvalue weighted by atomic mass is 9.81. The molecule has 2 fully saturated rings. The third kappa shape index (κ3) is 3.06. The van der Waals surface area contributed by atoms with Crippen molar-refractivity contribution in [1.29, 1.82) is 0 Å². The first-order valence-electron chi connectivity index (χ1n) is 8.84. The topological polar surface area (TPSA) is 68.5 Å². The summed E-state index contributed by atoms with van der Waals surface area (Å²) in [5.41, 5.74) is 1.81. The summed E-state index contributed by atoms with van der Waals surface area (Å²) < 4.78 is 11.3. The van der Waals surface area contributed by atoms with Crippen LogP contribution in [0.15, 0.2) is 35.3 Å². The quantitative estimate of drug-likeness (QED) is 0.836. The highest BCUT2D eigenvalue weighted by molar-refractivity contribution is 5.92. The van der Waals surface area contributed by atoms with Crippen LogP contribution in [0.1, 0.15) is 41.1 Å². The van der Waals surface area contributed by atoms with E-state index in [1.54, 1.807) is 13.1 Å². The fourth-order valence-corrected chi connectivity index (χ4v) is 4.31. The molecule has 0 spiro atoms. The number of aromatic nitrogens is 2. The van der Waals surface area contributed by atoms with Crippen LogP contribution in [-0.2, 0) is 11.3 Å². The number of pyridine rings is 1. The second kappa shape index (κ2) is 6.59. The SMILES string of the molecule is Cc1ncoc1C(=O)N1C[C@H]2CCC[C@@]2(COCc2cccnc2)C1. The second-order valence-corrected chi connectivity index (χ2v) is 7.26. The lowest BCUT2D eigenvalue weighted by Crippen LogP contribution is -2.34. The Hall–Kier alpha value is -2.21. The minimum atomic E-state index is -0.0453. The van der Waals surface area contributed by atoms with Gasteiger partial charge in [-0.25, -0.2) is 4.98 Å². The molecule has 2 aromatic rings. The van der Waals surface area contributed by atoms with Crippen LogP contribution in [0.3, 0.4) is 0 Å². The normalized spacial score (nSPS) is 25.3. The zero-order chi connectivity index (χ0) is 17.3. The molecule has 6 heteroatoms. The molecule has 25 heavy (non-hydrogen) atoms. The molecule has 1 aliphatic heterocycles. The van der Waals surface area contributed by atoms with E-state index in [0.29, 0.717) is 30.6 Å². The van der Waals surface area contributed by atoms with Gasteiger partial charge >= 0.3 is 0 Å². The predicted molar refractivity (Wildman–Crippen MR) is 90.8 cm³/mol. The minimum absolute atomic E-state index is 0.0453. The average molecular weight is 341 g/mol. The van der Waals surface area contributed by atoms with Crippen molar-refractivity contribution >= 4 is 5.91 Å². The van der Waals surface area contributed by atoms with Crippen molar-refractivity contribution in [2.75, 3.05) is 19.7 Å². The maximum Gasteiger partial charge on any atom is 0.291 e. The number of carbonyl (C=O) groups is 1. The minimum Gasteiger partial charge on any atom is -0.438 e. The number of hydrogen-bond donors (Lipinski definition) is 0. The lowest BCUT2D eigenvalue weighted by Gasteiger charge is -2.28. The predicted octanol–water partition coefficient (Wildman–Crippen LogP) is 2.84. The Morgan fingerprint density at radius 1 is 1.52 bits per heavy atom. The molecule has 1 saturated heterocycles. The van der Waals surface area contributed by atoms with Crippen LogP contribution in [0.2, 0.25) is 0 Å². The van der Waals surface area contributed by atoms with Gasteiger partial charge in [-0.1, -0.05) is 12.5 Å². The van der Waals surface area contributed by atoms with E-state index in [-0.39, 0.29) is 11.3 Å². The van der Waals surface area contributed by atoms with Crippen LogP contribution in [0.25, 0.3) is 0 Å². The zero-order valence-corrected chi connectivity index (χ0v) is 14.5. The van der Waals surface area contributed by atoms with Gasteiger partial charge < -0.3 is 14.1 Å². The van der Waals surface area contributed by atoms with Crippen LogP contribution in [0.5, 0.6) is 0 Å². The van der Waals surface area contributed by atoms with Gasteiger partial charge in [0, 0.05) is 30.9 Å². The second-order valence-electron chi connectivity index (χ2n) is 7.26. The number of aryl methyl sites for hydroxylation is 1. The van der Waals surface area contributed by atoms with E-state index >= 15 is 0 Å². The van der Waals surface area contributed by atoms with Crippen molar-refractivity contribution < 1.29 is 13.9 Å². The first-order chi connectivity index (χ1) is 12.2. The van der Waals surface area contributed by atoms with Crippen LogP contribution in [-0.4, -0.2) is 40.5 Å². The molecule has 3 heterocycles. The van der Waals surface area contributed by atoms with Gasteiger partial charge in [0.1, 0.15) is 0 Å². The number of rotatable bonds is 5. The highest BCUT2D eigenvalue weighted by Crippen LogP contribution is 2.49. The van der Waals surface area contributed by atoms with Crippen molar-refractivity contribution in [2.45, 2.75) is 32.8 Å². The molecule has 6 nitrogen and oxygen atoms in total. The monoisotopic (exact) mass is 341 g/mol. The van der Waals surface area contributed by atoms with Crippen molar-refractivity contribution in [3.8, 4) is 0 Å². The zero-order valence-electron chi connectivity index (χ0n) is 14.5. The van der Waals surface area contributed by atoms with Crippen LogP contribution < -0.4 is 0 Å². The first kappa shape index (κ1) is 16.3. The lowest BCUT2D eigenvalue weighted by molar-refractivity contribution is 0.0262. The Bertz CT molecular complexity index is 745. The van der Waals surface area contributed by atoms with Crippen LogP contribution >= 0.6 is 0 Å². The van der Waals surface area contributed by atoms with E-state index < -0.39 is 0 Å². The highest BCUT2D eigenvalue weighted by Gasteiger charge is 2.51. The van der Waals surface area contributed by atoms with Gasteiger partial charge in [0.15, 0.2) is 6.39 Å². The summed E-state index contributed by atoms with van der Waals surface area (Å²) in [5, 5.41) is 0. The number of carbonyl (C=O) groups excluding carboxylic acids is 1. The first-order valence-corrected chi connectivity index (χ1v) is 8.84. The largest absolute Gasteiger partial charge is 0.438 e. The smallest absolute Gasteiger partial charge is 0.291 e. The van der Waals surface area contributed by atoms with E-state index in [9.17, 15) is 4.79 Å². The fourth-order valence-electron chi connectivity index (χ4n) is 4.31. The molecule has 132 valence electrons. The van der Waals surface area contributed by atoms with Crippen LogP contribution in [0, 0.1) is 18.3 Å². The van der Waals surface area contributed by atoms with Crippen molar-refractivity contribution in [3.05, 3.63) is 47.9 Å². The maximum atomic E-state index is 12.7. The number of hydrogen-bond acceptors (Lipinski definition) is 5. The Balaban J connectivity index is 1.42. The van der Waals surface area contributed by atoms with Gasteiger partial charge in [-0.15, -0.1) is 0 Å². The van der Waals surface area contributed by atoms with E-state index in [1.165, 1.54) is 12.8 Å². The molecular weight excluding hydrogens is 318 g/mol. The maximum absolute atomic E-state index is 12.7. The summed E-state index contributed by atoms with van der Waals surface area (Å²) in [4.78, 5) is 22.8. The van der Waals surface area contributed by atoms with Gasteiger partial charge in [0.25, 0.3) is 5.91 Å². The molecule has 1 amide bonds. The van der Waals surface area contributed by atoms with Gasteiger partial charge in [-0.3, -0.25) is 9.78 Å². The number of nitrogens with zero attached hydrogens (tertiary/aromatic N) is 3. The van der Waals surface area contributed by atoms with Crippen LogP contribution in [0.4, 0.5) is 0 Å². The molecule has 2 aliphatic rings. The number of fused-ring (bicyclic) bond motifs is 1. The summed E-state index contributed by atoms with van der Waals surface area (Å²) in [5.74, 6) is 0.830. The van der Waals surface area contributed by atoms with Crippen molar-refractivity contribution in [3.63, 3.8) is 0 Å². The van der Waals surface area contributed by atoms with Gasteiger partial charge in [-0.05, 0) is 37.3 Å². The molecule has 0 bridgehead atoms. The number of ether oxygens (including phenoxy) is 1. The van der Waals surface area contributed by atoms with Crippen molar-refractivity contribution in [1.82, 2.24) is 14.9 Å². The van der Waals surface area contributed by atoms with Gasteiger partial charge in [-0.2, -0.15) is 0 Å². The summed E-state index contributed by atoms with van der Waals surface area (Å²) >= 11 is 0. The molecule has 0 radical (unpaired) electrons. The summed E-state index contributed by atoms with van der Waals surface area (Å²) in [7, 11) is 0. The fraction of sp³-hybridized carbons (Fsp3) is 0.526. The number of oxazole rings is 1. The highest BCUT2D eigenvalue weighted by atomic mass is 16.5. The van der Waals surface area contributed by atoms with Crippen molar-refractivity contribution in [2.24, 2.45) is 11.3 Å². The van der Waals surface area contributed by atoms with Gasteiger partial charge in [0.05, 0.1) is 18.9 Å². The molecule has 2 atom stereocenters. The van der Waals surface area contributed by atoms with E-state index in [4.69, 9.17) is 9.15 Å². The summed E-state index contributed by atoms with van der Waals surface area (Å²) in [6.45, 7) is 4.59. The molecular formula is C19H23N3O3. The molecule has 0 unspecified atom stereocenters. The Kier molecular flexibility index (Phi) is 4.29. The summed E-state index contributed by atoms with van der Waals surface area (Å²) in [6.07, 6.45) is 8.43. The molecule has 0 N–H and O–H groups in total. The standard InChI is InChI=1S/C19H23N3O3/c1-14-17(25-13-21-14)18(23)22-9-16-5-2-6-19(16,11-22)12-24-10-15-4-3-7-20-8-15/h3-4,7-8,13,16H,2,5-6,9-12H2,1H3/t16-,19+/m1/s1. The molecule has 1 saturated carbocycles. The number of amides is 1. The number of likely N-dealkylation sites (tertiary alicyclic amines) is 1. The average Bonchev–Trinajstić information content (AvgIpc) is 3.29. The molecule has 0 aromatic carbocycles. The van der Waals surface area contributed by atoms with Gasteiger partial charge in [0.2, 0.25) is 5.76 Å². The third-order valence-electron chi connectivity index (χ3n) is 5.65. The Morgan fingerprint density at radius 2 is 2.44 bits per heavy atom. The third-order valence-corrected chi connectivity index (χ3v) is 5.65. The Morgan fingerprint density at radius 3 is 3.20 bits per heavy atom. The molecule has 2 aromatic heterocycles. The van der Waals surface area contributed by atoms with E-state index in [1.807, 2.05) is 23.2 Å². The molecule has 1 aliphatic carbocycles. The molecule has 4 rings (SSSR count). The summed E-state index contributed by atoms with van der Waals surface area (Å²) in [6, 6.07) is 3.94. The van der Waals surface area contributed by atoms with E-state index in [0.717, 1.165) is 31.5 Å². The Labute approximate surface area is 147 Å².